The molecule has 0 aliphatic rings. The lowest BCUT2D eigenvalue weighted by molar-refractivity contribution is 0.603. The molecule has 108 valence electrons. The van der Waals surface area contributed by atoms with E-state index >= 15 is 0 Å². The Morgan fingerprint density at radius 3 is 2.80 bits per heavy atom. The number of hydrogen-bond donors (Lipinski definition) is 3. The van der Waals surface area contributed by atoms with Crippen molar-refractivity contribution in [1.82, 2.24) is 9.55 Å². The Morgan fingerprint density at radius 1 is 1.35 bits per heavy atom. The van der Waals surface area contributed by atoms with Gasteiger partial charge in [0.2, 0.25) is 0 Å². The smallest absolute Gasteiger partial charge is 0.296 e. The minimum Gasteiger partial charge on any atom is -0.379 e. The lowest BCUT2D eigenvalue weighted by Gasteiger charge is -2.10. The van der Waals surface area contributed by atoms with Gasteiger partial charge < -0.3 is 9.88 Å². The predicted octanol–water partition coefficient (Wildman–Crippen LogP) is 1.13. The van der Waals surface area contributed by atoms with Crippen molar-refractivity contribution < 1.29 is 8.42 Å². The monoisotopic (exact) mass is 295 g/mol. The Kier molecular flexibility index (Phi) is 4.26. The summed E-state index contributed by atoms with van der Waals surface area (Å²) in [6.07, 6.45) is 3.57. The van der Waals surface area contributed by atoms with Crippen molar-refractivity contribution in [3.05, 3.63) is 42.5 Å². The SMILES string of the molecule is CCn1cncc1CNc1cccc(NS(N)(=O)=O)c1. The van der Waals surface area contributed by atoms with Gasteiger partial charge >= 0.3 is 0 Å². The largest absolute Gasteiger partial charge is 0.379 e. The van der Waals surface area contributed by atoms with E-state index in [9.17, 15) is 8.42 Å². The molecule has 0 saturated heterocycles. The molecule has 0 amide bonds. The maximum atomic E-state index is 11.0. The van der Waals surface area contributed by atoms with E-state index in [1.165, 1.54) is 0 Å². The molecule has 1 heterocycles. The molecule has 0 saturated carbocycles. The van der Waals surface area contributed by atoms with Crippen LogP contribution in [-0.4, -0.2) is 18.0 Å². The van der Waals surface area contributed by atoms with Crippen LogP contribution in [0, 0.1) is 0 Å². The molecule has 2 rings (SSSR count). The lowest BCUT2D eigenvalue weighted by Crippen LogP contribution is -2.21. The van der Waals surface area contributed by atoms with Crippen molar-refractivity contribution in [3.8, 4) is 0 Å². The van der Waals surface area contributed by atoms with Gasteiger partial charge in [-0.1, -0.05) is 6.07 Å². The van der Waals surface area contributed by atoms with Crippen LogP contribution < -0.4 is 15.2 Å². The highest BCUT2D eigenvalue weighted by molar-refractivity contribution is 7.90. The van der Waals surface area contributed by atoms with Gasteiger partial charge in [0.15, 0.2) is 0 Å². The van der Waals surface area contributed by atoms with Gasteiger partial charge in [-0.2, -0.15) is 8.42 Å². The van der Waals surface area contributed by atoms with Crippen molar-refractivity contribution in [2.45, 2.75) is 20.0 Å². The van der Waals surface area contributed by atoms with Crippen LogP contribution in [0.1, 0.15) is 12.6 Å². The van der Waals surface area contributed by atoms with E-state index in [-0.39, 0.29) is 0 Å². The molecule has 0 aliphatic carbocycles. The molecule has 0 aliphatic heterocycles. The van der Waals surface area contributed by atoms with Gasteiger partial charge in [0.05, 0.1) is 24.3 Å². The van der Waals surface area contributed by atoms with E-state index in [1.54, 1.807) is 30.7 Å². The van der Waals surface area contributed by atoms with E-state index < -0.39 is 10.2 Å². The maximum absolute atomic E-state index is 11.0. The fraction of sp³-hybridized carbons (Fsp3) is 0.250. The third-order valence-electron chi connectivity index (χ3n) is 2.74. The van der Waals surface area contributed by atoms with Crippen LogP contribution in [0.4, 0.5) is 11.4 Å². The van der Waals surface area contributed by atoms with Gasteiger partial charge in [0.1, 0.15) is 0 Å². The molecule has 1 aromatic carbocycles. The summed E-state index contributed by atoms with van der Waals surface area (Å²) in [5.74, 6) is 0. The first-order valence-electron chi connectivity index (χ1n) is 6.11. The zero-order chi connectivity index (χ0) is 14.6. The van der Waals surface area contributed by atoms with Crippen molar-refractivity contribution >= 4 is 21.6 Å². The average molecular weight is 295 g/mol. The Bertz CT molecular complexity index is 681. The second kappa shape index (κ2) is 5.93. The summed E-state index contributed by atoms with van der Waals surface area (Å²) in [6, 6.07) is 6.90. The number of nitrogens with two attached hydrogens (primary N) is 1. The van der Waals surface area contributed by atoms with Gasteiger partial charge in [0.25, 0.3) is 10.2 Å². The second-order valence-corrected chi connectivity index (χ2v) is 5.55. The van der Waals surface area contributed by atoms with Crippen LogP contribution in [0.25, 0.3) is 0 Å². The van der Waals surface area contributed by atoms with Crippen molar-refractivity contribution in [2.75, 3.05) is 10.0 Å². The molecule has 7 nitrogen and oxygen atoms in total. The minimum atomic E-state index is -3.75. The molecule has 0 atom stereocenters. The summed E-state index contributed by atoms with van der Waals surface area (Å²) in [5.41, 5.74) is 2.27. The number of aryl methyl sites for hydroxylation is 1. The van der Waals surface area contributed by atoms with Crippen LogP contribution in [0.5, 0.6) is 0 Å². The first-order valence-corrected chi connectivity index (χ1v) is 7.66. The highest BCUT2D eigenvalue weighted by Gasteiger charge is 2.04. The van der Waals surface area contributed by atoms with E-state index in [1.807, 2.05) is 17.6 Å². The number of nitrogens with zero attached hydrogens (tertiary/aromatic N) is 2. The standard InChI is InChI=1S/C12H17N5O2S/c1-2-17-9-14-7-12(17)8-15-10-4-3-5-11(6-10)16-20(13,18)19/h3-7,9,15-16H,2,8H2,1H3,(H2,13,18,19). The first kappa shape index (κ1) is 14.4. The van der Waals surface area contributed by atoms with Gasteiger partial charge in [-0.25, -0.2) is 10.1 Å². The molecule has 0 unspecified atom stereocenters. The highest BCUT2D eigenvalue weighted by atomic mass is 32.2. The van der Waals surface area contributed by atoms with Gasteiger partial charge in [-0.3, -0.25) is 4.72 Å². The van der Waals surface area contributed by atoms with Crippen molar-refractivity contribution in [2.24, 2.45) is 5.14 Å². The summed E-state index contributed by atoms with van der Waals surface area (Å²) < 4.78 is 26.2. The van der Waals surface area contributed by atoms with Crippen molar-refractivity contribution in [3.63, 3.8) is 0 Å². The number of anilines is 2. The van der Waals surface area contributed by atoms with E-state index in [0.717, 1.165) is 17.9 Å². The second-order valence-electron chi connectivity index (χ2n) is 4.25. The zero-order valence-corrected chi connectivity index (χ0v) is 11.9. The Morgan fingerprint density at radius 2 is 2.10 bits per heavy atom. The number of nitrogens with one attached hydrogen (secondary N) is 2. The zero-order valence-electron chi connectivity index (χ0n) is 11.1. The van der Waals surface area contributed by atoms with E-state index in [2.05, 4.69) is 15.0 Å². The van der Waals surface area contributed by atoms with Crippen molar-refractivity contribution in [1.29, 1.82) is 0 Å². The summed E-state index contributed by atoms with van der Waals surface area (Å²) in [4.78, 5) is 4.09. The Balaban J connectivity index is 2.05. The normalized spacial score (nSPS) is 11.3. The number of aromatic nitrogens is 2. The van der Waals surface area contributed by atoms with Crippen LogP contribution in [0.15, 0.2) is 36.8 Å². The molecule has 0 spiro atoms. The quantitative estimate of drug-likeness (QED) is 0.743. The molecular formula is C12H17N5O2S. The summed E-state index contributed by atoms with van der Waals surface area (Å²) in [7, 11) is -3.75. The average Bonchev–Trinajstić information content (AvgIpc) is 2.82. The fourth-order valence-electron chi connectivity index (χ4n) is 1.83. The number of benzene rings is 1. The van der Waals surface area contributed by atoms with Crippen LogP contribution >= 0.6 is 0 Å². The Hall–Kier alpha value is -2.06. The molecule has 4 N–H and O–H groups in total. The van der Waals surface area contributed by atoms with E-state index in [0.29, 0.717) is 12.2 Å². The first-order chi connectivity index (χ1) is 9.48. The van der Waals surface area contributed by atoms with Crippen LogP contribution in [-0.2, 0) is 23.3 Å². The minimum absolute atomic E-state index is 0.418. The summed E-state index contributed by atoms with van der Waals surface area (Å²) in [5, 5.41) is 8.15. The topological polar surface area (TPSA) is 102 Å². The molecule has 0 fully saturated rings. The molecule has 0 bridgehead atoms. The third kappa shape index (κ3) is 3.97. The van der Waals surface area contributed by atoms with E-state index in [4.69, 9.17) is 5.14 Å². The van der Waals surface area contributed by atoms with Gasteiger partial charge in [0, 0.05) is 18.4 Å². The van der Waals surface area contributed by atoms with Crippen LogP contribution in [0.3, 0.4) is 0 Å². The third-order valence-corrected chi connectivity index (χ3v) is 3.26. The number of rotatable bonds is 6. The lowest BCUT2D eigenvalue weighted by atomic mass is 10.3. The van der Waals surface area contributed by atoms with Gasteiger partial charge in [-0.05, 0) is 25.1 Å². The summed E-state index contributed by atoms with van der Waals surface area (Å²) >= 11 is 0. The molecule has 0 radical (unpaired) electrons. The molecule has 2 aromatic rings. The highest BCUT2D eigenvalue weighted by Crippen LogP contribution is 2.16. The maximum Gasteiger partial charge on any atom is 0.296 e. The van der Waals surface area contributed by atoms with Crippen LogP contribution in [0.2, 0.25) is 0 Å². The predicted molar refractivity (Wildman–Crippen MR) is 78.4 cm³/mol. The Labute approximate surface area is 118 Å². The fourth-order valence-corrected chi connectivity index (χ4v) is 2.29. The molecular weight excluding hydrogens is 278 g/mol. The number of hydrogen-bond acceptors (Lipinski definition) is 4. The number of imidazole rings is 1. The van der Waals surface area contributed by atoms with Gasteiger partial charge in [-0.15, -0.1) is 0 Å². The molecule has 8 heteroatoms. The molecule has 1 aromatic heterocycles. The molecule has 20 heavy (non-hydrogen) atoms. The summed E-state index contributed by atoms with van der Waals surface area (Å²) in [6.45, 7) is 3.50.